The molecule has 0 saturated heterocycles. The van der Waals surface area contributed by atoms with Gasteiger partial charge < -0.3 is 4.90 Å². The molecule has 2 aromatic rings. The molecule has 4 heteroatoms. The molecule has 0 aromatic heterocycles. The van der Waals surface area contributed by atoms with Crippen LogP contribution in [0, 0.1) is 0 Å². The van der Waals surface area contributed by atoms with E-state index < -0.39 is 0 Å². The van der Waals surface area contributed by atoms with E-state index in [-0.39, 0.29) is 11.9 Å². The van der Waals surface area contributed by atoms with Gasteiger partial charge in [-0.25, -0.2) is 5.01 Å². The Morgan fingerprint density at radius 1 is 1.09 bits per heavy atom. The third kappa shape index (κ3) is 3.11. The molecule has 3 rings (SSSR count). The second kappa shape index (κ2) is 6.24. The fraction of sp³-hybridized carbons (Fsp3) is 0.263. The molecule has 4 nitrogen and oxygen atoms in total. The van der Waals surface area contributed by atoms with Crippen molar-refractivity contribution >= 4 is 17.3 Å². The molecule has 1 aliphatic rings. The maximum absolute atomic E-state index is 12.0. The van der Waals surface area contributed by atoms with Gasteiger partial charge in [-0.15, -0.1) is 0 Å². The molecule has 0 aliphatic carbocycles. The Balaban J connectivity index is 1.89. The molecule has 0 saturated carbocycles. The van der Waals surface area contributed by atoms with Crippen molar-refractivity contribution in [3.05, 3.63) is 65.7 Å². The molecule has 0 radical (unpaired) electrons. The average Bonchev–Trinajstić information content (AvgIpc) is 3.01. The van der Waals surface area contributed by atoms with E-state index in [1.165, 1.54) is 0 Å². The minimum atomic E-state index is -0.0289. The summed E-state index contributed by atoms with van der Waals surface area (Å²) >= 11 is 0. The number of rotatable bonds is 3. The predicted octanol–water partition coefficient (Wildman–Crippen LogP) is 3.45. The van der Waals surface area contributed by atoms with Crippen molar-refractivity contribution in [3.63, 3.8) is 0 Å². The van der Waals surface area contributed by atoms with Gasteiger partial charge in [-0.2, -0.15) is 5.10 Å². The number of benzene rings is 2. The molecule has 0 bridgehead atoms. The Morgan fingerprint density at radius 2 is 1.74 bits per heavy atom. The summed E-state index contributed by atoms with van der Waals surface area (Å²) in [6.45, 7) is 1.57. The first kappa shape index (κ1) is 15.3. The second-order valence-electron chi connectivity index (χ2n) is 5.98. The molecule has 23 heavy (non-hydrogen) atoms. The lowest BCUT2D eigenvalue weighted by Crippen LogP contribution is -2.24. The lowest BCUT2D eigenvalue weighted by Gasteiger charge is -2.20. The number of carbonyl (C=O) groups is 1. The summed E-state index contributed by atoms with van der Waals surface area (Å²) in [5, 5.41) is 6.18. The zero-order chi connectivity index (χ0) is 16.4. The van der Waals surface area contributed by atoms with Crippen LogP contribution in [0.25, 0.3) is 0 Å². The highest BCUT2D eigenvalue weighted by atomic mass is 16.2. The summed E-state index contributed by atoms with van der Waals surface area (Å²) in [5.74, 6) is -0.0289. The topological polar surface area (TPSA) is 35.9 Å². The highest BCUT2D eigenvalue weighted by molar-refractivity contribution is 6.03. The standard InChI is InChI=1S/C19H21N3O/c1-14(23)22-19(16-7-5-4-6-8-16)13-18(20-22)15-9-11-17(12-10-15)21(2)3/h4-12,19H,13H2,1-3H3/t19-/m0/s1. The zero-order valence-corrected chi connectivity index (χ0v) is 13.7. The average molecular weight is 307 g/mol. The van der Waals surface area contributed by atoms with E-state index in [9.17, 15) is 4.79 Å². The molecule has 118 valence electrons. The van der Waals surface area contributed by atoms with Crippen molar-refractivity contribution in [2.75, 3.05) is 19.0 Å². The van der Waals surface area contributed by atoms with Crippen LogP contribution in [0.15, 0.2) is 59.7 Å². The van der Waals surface area contributed by atoms with Gasteiger partial charge in [-0.05, 0) is 23.3 Å². The molecule has 0 fully saturated rings. The fourth-order valence-corrected chi connectivity index (χ4v) is 2.86. The Kier molecular flexibility index (Phi) is 4.15. The van der Waals surface area contributed by atoms with Gasteiger partial charge >= 0.3 is 0 Å². The summed E-state index contributed by atoms with van der Waals surface area (Å²) in [6.07, 6.45) is 0.741. The summed E-state index contributed by atoms with van der Waals surface area (Å²) < 4.78 is 0. The number of hydrogen-bond acceptors (Lipinski definition) is 3. The number of amides is 1. The highest BCUT2D eigenvalue weighted by Gasteiger charge is 2.31. The van der Waals surface area contributed by atoms with Gasteiger partial charge in [0.15, 0.2) is 0 Å². The first-order valence-corrected chi connectivity index (χ1v) is 7.76. The van der Waals surface area contributed by atoms with E-state index in [1.807, 2.05) is 44.4 Å². The van der Waals surface area contributed by atoms with E-state index >= 15 is 0 Å². The highest BCUT2D eigenvalue weighted by Crippen LogP contribution is 2.32. The lowest BCUT2D eigenvalue weighted by molar-refractivity contribution is -0.130. The molecule has 1 heterocycles. The molecule has 0 spiro atoms. The summed E-state index contributed by atoms with van der Waals surface area (Å²) in [6, 6.07) is 18.4. The van der Waals surface area contributed by atoms with Crippen molar-refractivity contribution in [2.45, 2.75) is 19.4 Å². The summed E-state index contributed by atoms with van der Waals surface area (Å²) in [7, 11) is 4.04. The predicted molar refractivity (Wildman–Crippen MR) is 93.6 cm³/mol. The van der Waals surface area contributed by atoms with Gasteiger partial charge in [-0.1, -0.05) is 42.5 Å². The van der Waals surface area contributed by atoms with Crippen molar-refractivity contribution in [2.24, 2.45) is 5.10 Å². The van der Waals surface area contributed by atoms with Gasteiger partial charge in [0.25, 0.3) is 0 Å². The van der Waals surface area contributed by atoms with Crippen LogP contribution in [-0.2, 0) is 4.79 Å². The Bertz CT molecular complexity index is 720. The van der Waals surface area contributed by atoms with Crippen LogP contribution in [0.1, 0.15) is 30.5 Å². The number of anilines is 1. The van der Waals surface area contributed by atoms with Crippen LogP contribution in [0.4, 0.5) is 5.69 Å². The molecule has 1 amide bonds. The van der Waals surface area contributed by atoms with Crippen LogP contribution < -0.4 is 4.90 Å². The first-order valence-electron chi connectivity index (χ1n) is 7.76. The van der Waals surface area contributed by atoms with Crippen molar-refractivity contribution in [3.8, 4) is 0 Å². The molecule has 1 aliphatic heterocycles. The summed E-state index contributed by atoms with van der Waals surface area (Å²) in [4.78, 5) is 14.0. The van der Waals surface area contributed by atoms with E-state index in [0.717, 1.165) is 28.9 Å². The quantitative estimate of drug-likeness (QED) is 0.870. The maximum Gasteiger partial charge on any atom is 0.240 e. The zero-order valence-electron chi connectivity index (χ0n) is 13.7. The minimum Gasteiger partial charge on any atom is -0.378 e. The van der Waals surface area contributed by atoms with Gasteiger partial charge in [0.05, 0.1) is 11.8 Å². The van der Waals surface area contributed by atoms with Crippen LogP contribution in [0.2, 0.25) is 0 Å². The Hall–Kier alpha value is -2.62. The van der Waals surface area contributed by atoms with E-state index in [2.05, 4.69) is 34.3 Å². The third-order valence-electron chi connectivity index (χ3n) is 4.13. The smallest absolute Gasteiger partial charge is 0.240 e. The van der Waals surface area contributed by atoms with Crippen LogP contribution >= 0.6 is 0 Å². The van der Waals surface area contributed by atoms with E-state index in [0.29, 0.717) is 0 Å². The van der Waals surface area contributed by atoms with Crippen molar-refractivity contribution < 1.29 is 4.79 Å². The fourth-order valence-electron chi connectivity index (χ4n) is 2.86. The van der Waals surface area contributed by atoms with Gasteiger partial charge in [0.1, 0.15) is 0 Å². The molecular weight excluding hydrogens is 286 g/mol. The number of carbonyl (C=O) groups excluding carboxylic acids is 1. The Morgan fingerprint density at radius 3 is 2.30 bits per heavy atom. The Labute approximate surface area is 137 Å². The van der Waals surface area contributed by atoms with Crippen LogP contribution in [-0.4, -0.2) is 30.7 Å². The van der Waals surface area contributed by atoms with E-state index in [1.54, 1.807) is 11.9 Å². The van der Waals surface area contributed by atoms with Crippen molar-refractivity contribution in [1.29, 1.82) is 0 Å². The SMILES string of the molecule is CC(=O)N1N=C(c2ccc(N(C)C)cc2)C[C@H]1c1ccccc1. The maximum atomic E-state index is 12.0. The van der Waals surface area contributed by atoms with Gasteiger partial charge in [-0.3, -0.25) is 4.79 Å². The number of nitrogens with zero attached hydrogens (tertiary/aromatic N) is 3. The van der Waals surface area contributed by atoms with Gasteiger partial charge in [0, 0.05) is 33.1 Å². The number of hydrazone groups is 1. The van der Waals surface area contributed by atoms with Gasteiger partial charge in [0.2, 0.25) is 5.91 Å². The molecule has 2 aromatic carbocycles. The van der Waals surface area contributed by atoms with Crippen LogP contribution in [0.5, 0.6) is 0 Å². The van der Waals surface area contributed by atoms with Crippen LogP contribution in [0.3, 0.4) is 0 Å². The third-order valence-corrected chi connectivity index (χ3v) is 4.13. The largest absolute Gasteiger partial charge is 0.378 e. The van der Waals surface area contributed by atoms with Crippen molar-refractivity contribution in [1.82, 2.24) is 5.01 Å². The second-order valence-corrected chi connectivity index (χ2v) is 5.98. The molecular formula is C19H21N3O. The lowest BCUT2D eigenvalue weighted by atomic mass is 9.98. The normalized spacial score (nSPS) is 17.1. The minimum absolute atomic E-state index is 0.0165. The number of hydrogen-bond donors (Lipinski definition) is 0. The molecule has 0 unspecified atom stereocenters. The van der Waals surface area contributed by atoms with E-state index in [4.69, 9.17) is 0 Å². The summed E-state index contributed by atoms with van der Waals surface area (Å²) in [5.41, 5.74) is 4.29. The molecule has 0 N–H and O–H groups in total. The first-order chi connectivity index (χ1) is 11.1. The monoisotopic (exact) mass is 307 g/mol. The molecule has 1 atom stereocenters.